The SMILES string of the molecule is O=C1Nc2cc([N+](=O)[O-])ccc2O[C@H]1CCO. The maximum Gasteiger partial charge on any atom is 0.271 e. The Hall–Kier alpha value is -2.15. The number of non-ortho nitro benzene ring substituents is 1. The molecule has 7 nitrogen and oxygen atoms in total. The van der Waals surface area contributed by atoms with E-state index < -0.39 is 16.9 Å². The molecular weight excluding hydrogens is 228 g/mol. The fourth-order valence-electron chi connectivity index (χ4n) is 1.56. The molecule has 1 aliphatic heterocycles. The first kappa shape index (κ1) is 11.3. The molecule has 1 atom stereocenters. The van der Waals surface area contributed by atoms with Gasteiger partial charge in [-0.05, 0) is 6.07 Å². The van der Waals surface area contributed by atoms with Crippen molar-refractivity contribution in [2.45, 2.75) is 12.5 Å². The van der Waals surface area contributed by atoms with Crippen LogP contribution in [0.3, 0.4) is 0 Å². The summed E-state index contributed by atoms with van der Waals surface area (Å²) in [5.41, 5.74) is 0.159. The van der Waals surface area contributed by atoms with Crippen LogP contribution in [-0.4, -0.2) is 28.6 Å². The first-order valence-electron chi connectivity index (χ1n) is 4.98. The molecule has 0 saturated carbocycles. The molecule has 1 amide bonds. The van der Waals surface area contributed by atoms with Crippen molar-refractivity contribution >= 4 is 17.3 Å². The third kappa shape index (κ3) is 2.18. The number of nitrogens with one attached hydrogen (secondary N) is 1. The van der Waals surface area contributed by atoms with E-state index >= 15 is 0 Å². The molecule has 2 rings (SSSR count). The second-order valence-corrected chi connectivity index (χ2v) is 3.55. The van der Waals surface area contributed by atoms with Gasteiger partial charge in [-0.1, -0.05) is 0 Å². The van der Waals surface area contributed by atoms with E-state index in [1.54, 1.807) is 0 Å². The number of ether oxygens (including phenoxy) is 1. The van der Waals surface area contributed by atoms with Crippen LogP contribution in [-0.2, 0) is 4.79 Å². The van der Waals surface area contributed by atoms with Gasteiger partial charge in [0.2, 0.25) is 0 Å². The molecule has 0 fully saturated rings. The van der Waals surface area contributed by atoms with Crippen molar-refractivity contribution in [1.82, 2.24) is 0 Å². The van der Waals surface area contributed by atoms with Crippen LogP contribution in [0, 0.1) is 10.1 Å². The number of nitrogens with zero attached hydrogens (tertiary/aromatic N) is 1. The Labute approximate surface area is 96.2 Å². The van der Waals surface area contributed by atoms with E-state index in [0.717, 1.165) is 0 Å². The fourth-order valence-corrected chi connectivity index (χ4v) is 1.56. The number of rotatable bonds is 3. The predicted octanol–water partition coefficient (Wildman–Crippen LogP) is 0.677. The number of aliphatic hydroxyl groups excluding tert-OH is 1. The number of benzene rings is 1. The highest BCUT2D eigenvalue weighted by molar-refractivity contribution is 5.98. The van der Waals surface area contributed by atoms with Crippen LogP contribution in [0.15, 0.2) is 18.2 Å². The summed E-state index contributed by atoms with van der Waals surface area (Å²) in [4.78, 5) is 21.5. The van der Waals surface area contributed by atoms with E-state index in [-0.39, 0.29) is 24.4 Å². The molecule has 0 unspecified atom stereocenters. The van der Waals surface area contributed by atoms with Crippen LogP contribution < -0.4 is 10.1 Å². The number of nitro groups is 1. The molecule has 90 valence electrons. The lowest BCUT2D eigenvalue weighted by Crippen LogP contribution is -2.37. The van der Waals surface area contributed by atoms with Gasteiger partial charge < -0.3 is 15.2 Å². The zero-order chi connectivity index (χ0) is 12.4. The van der Waals surface area contributed by atoms with Gasteiger partial charge in [-0.15, -0.1) is 0 Å². The highest BCUT2D eigenvalue weighted by atomic mass is 16.6. The fraction of sp³-hybridized carbons (Fsp3) is 0.300. The summed E-state index contributed by atoms with van der Waals surface area (Å²) in [6.45, 7) is -0.166. The van der Waals surface area contributed by atoms with Gasteiger partial charge in [0.15, 0.2) is 6.10 Å². The van der Waals surface area contributed by atoms with Gasteiger partial charge in [0.05, 0.1) is 10.6 Å². The van der Waals surface area contributed by atoms with Crippen molar-refractivity contribution in [2.24, 2.45) is 0 Å². The summed E-state index contributed by atoms with van der Waals surface area (Å²) in [5, 5.41) is 21.8. The van der Waals surface area contributed by atoms with Crippen molar-refractivity contribution in [3.05, 3.63) is 28.3 Å². The average molecular weight is 238 g/mol. The third-order valence-corrected chi connectivity index (χ3v) is 2.38. The van der Waals surface area contributed by atoms with Gasteiger partial charge in [0.25, 0.3) is 11.6 Å². The summed E-state index contributed by atoms with van der Waals surface area (Å²) in [6, 6.07) is 3.96. The van der Waals surface area contributed by atoms with Crippen LogP contribution in [0.2, 0.25) is 0 Å². The Morgan fingerprint density at radius 1 is 1.53 bits per heavy atom. The molecule has 0 radical (unpaired) electrons. The summed E-state index contributed by atoms with van der Waals surface area (Å²) >= 11 is 0. The molecule has 0 saturated heterocycles. The van der Waals surface area contributed by atoms with Gasteiger partial charge in [-0.2, -0.15) is 0 Å². The largest absolute Gasteiger partial charge is 0.478 e. The molecule has 2 N–H and O–H groups in total. The molecule has 7 heteroatoms. The molecule has 0 aromatic heterocycles. The zero-order valence-corrected chi connectivity index (χ0v) is 8.75. The smallest absolute Gasteiger partial charge is 0.271 e. The van der Waals surface area contributed by atoms with Crippen molar-refractivity contribution in [1.29, 1.82) is 0 Å². The summed E-state index contributed by atoms with van der Waals surface area (Å²) in [6.07, 6.45) is -0.573. The average Bonchev–Trinajstić information content (AvgIpc) is 2.29. The van der Waals surface area contributed by atoms with Crippen molar-refractivity contribution in [2.75, 3.05) is 11.9 Å². The molecule has 0 aliphatic carbocycles. The van der Waals surface area contributed by atoms with Gasteiger partial charge >= 0.3 is 0 Å². The monoisotopic (exact) mass is 238 g/mol. The first-order valence-corrected chi connectivity index (χ1v) is 4.98. The Kier molecular flexibility index (Phi) is 2.92. The Morgan fingerprint density at radius 2 is 2.29 bits per heavy atom. The summed E-state index contributed by atoms with van der Waals surface area (Å²) in [5.74, 6) is -0.0410. The number of aliphatic hydroxyl groups is 1. The number of nitro benzene ring substituents is 1. The van der Waals surface area contributed by atoms with Crippen molar-refractivity contribution in [3.63, 3.8) is 0 Å². The second kappa shape index (κ2) is 4.38. The molecular formula is C10H10N2O5. The zero-order valence-electron chi connectivity index (χ0n) is 8.75. The van der Waals surface area contributed by atoms with Crippen LogP contribution in [0.4, 0.5) is 11.4 Å². The minimum absolute atomic E-state index is 0.117. The highest BCUT2D eigenvalue weighted by Crippen LogP contribution is 2.33. The number of fused-ring (bicyclic) bond motifs is 1. The third-order valence-electron chi connectivity index (χ3n) is 2.38. The number of hydrogen-bond acceptors (Lipinski definition) is 5. The molecule has 17 heavy (non-hydrogen) atoms. The molecule has 1 aromatic rings. The van der Waals surface area contributed by atoms with Gasteiger partial charge in [0, 0.05) is 25.2 Å². The van der Waals surface area contributed by atoms with Crippen LogP contribution in [0.5, 0.6) is 5.75 Å². The van der Waals surface area contributed by atoms with Crippen LogP contribution in [0.25, 0.3) is 0 Å². The Balaban J connectivity index is 2.28. The van der Waals surface area contributed by atoms with E-state index in [2.05, 4.69) is 5.32 Å². The predicted molar refractivity (Wildman–Crippen MR) is 57.8 cm³/mol. The van der Waals surface area contributed by atoms with Gasteiger partial charge in [-0.3, -0.25) is 14.9 Å². The summed E-state index contributed by atoms with van der Waals surface area (Å²) < 4.78 is 5.32. The van der Waals surface area contributed by atoms with E-state index in [4.69, 9.17) is 9.84 Å². The molecule has 1 heterocycles. The normalized spacial score (nSPS) is 17.9. The Bertz CT molecular complexity index is 474. The quantitative estimate of drug-likeness (QED) is 0.595. The van der Waals surface area contributed by atoms with Crippen molar-refractivity contribution in [3.8, 4) is 5.75 Å². The first-order chi connectivity index (χ1) is 8.11. The number of carbonyl (C=O) groups excluding carboxylic acids is 1. The molecule has 1 aromatic carbocycles. The topological polar surface area (TPSA) is 102 Å². The standard InChI is InChI=1S/C10H10N2O5/c13-4-3-9-10(14)11-7-5-6(12(15)16)1-2-8(7)17-9/h1-2,5,9,13H,3-4H2,(H,11,14)/t9-/m0/s1. The number of carbonyl (C=O) groups is 1. The molecule has 1 aliphatic rings. The van der Waals surface area contributed by atoms with Gasteiger partial charge in [-0.25, -0.2) is 0 Å². The maximum absolute atomic E-state index is 11.5. The van der Waals surface area contributed by atoms with E-state index in [9.17, 15) is 14.9 Å². The highest BCUT2D eigenvalue weighted by Gasteiger charge is 2.28. The van der Waals surface area contributed by atoms with Crippen molar-refractivity contribution < 1.29 is 19.6 Å². The van der Waals surface area contributed by atoms with Gasteiger partial charge in [0.1, 0.15) is 5.75 Å². The lowest BCUT2D eigenvalue weighted by molar-refractivity contribution is -0.384. The van der Waals surface area contributed by atoms with E-state index in [0.29, 0.717) is 5.75 Å². The number of amides is 1. The minimum Gasteiger partial charge on any atom is -0.478 e. The number of hydrogen-bond donors (Lipinski definition) is 2. The lowest BCUT2D eigenvalue weighted by Gasteiger charge is -2.24. The Morgan fingerprint density at radius 3 is 2.94 bits per heavy atom. The molecule has 0 bridgehead atoms. The van der Waals surface area contributed by atoms with Crippen LogP contribution in [0.1, 0.15) is 6.42 Å². The van der Waals surface area contributed by atoms with Crippen LogP contribution >= 0.6 is 0 Å². The second-order valence-electron chi connectivity index (χ2n) is 3.55. The summed E-state index contributed by atoms with van der Waals surface area (Å²) in [7, 11) is 0. The lowest BCUT2D eigenvalue weighted by atomic mass is 10.1. The number of anilines is 1. The minimum atomic E-state index is -0.756. The molecule has 0 spiro atoms. The van der Waals surface area contributed by atoms with E-state index in [1.165, 1.54) is 18.2 Å². The van der Waals surface area contributed by atoms with E-state index in [1.807, 2.05) is 0 Å². The maximum atomic E-state index is 11.5.